The Hall–Kier alpha value is -2.23. The van der Waals surface area contributed by atoms with Crippen LogP contribution in [0.1, 0.15) is 12.8 Å². The minimum atomic E-state index is -3.68. The van der Waals surface area contributed by atoms with Gasteiger partial charge in [0.15, 0.2) is 0 Å². The fourth-order valence-corrected chi connectivity index (χ4v) is 5.56. The van der Waals surface area contributed by atoms with Crippen LogP contribution >= 0.6 is 15.9 Å². The number of halogens is 1. The minimum Gasteiger partial charge on any atom is -0.323 e. The van der Waals surface area contributed by atoms with E-state index in [1.807, 2.05) is 6.07 Å². The van der Waals surface area contributed by atoms with Crippen LogP contribution in [0, 0.1) is 5.92 Å². The van der Waals surface area contributed by atoms with E-state index >= 15 is 0 Å². The van der Waals surface area contributed by atoms with Gasteiger partial charge < -0.3 is 10.2 Å². The molecule has 0 radical (unpaired) electrons. The number of carbonyl (C=O) groups is 2. The number of para-hydroxylation sites is 2. The third-order valence-corrected chi connectivity index (χ3v) is 7.63. The first kappa shape index (κ1) is 20.1. The summed E-state index contributed by atoms with van der Waals surface area (Å²) in [6.45, 7) is 0.419. The van der Waals surface area contributed by atoms with Gasteiger partial charge in [0, 0.05) is 17.6 Å². The topological polar surface area (TPSA) is 86.8 Å². The van der Waals surface area contributed by atoms with Crippen molar-refractivity contribution in [3.63, 3.8) is 0 Å². The lowest BCUT2D eigenvalue weighted by molar-refractivity contribution is -0.125. The van der Waals surface area contributed by atoms with E-state index in [2.05, 4.69) is 21.2 Å². The maximum Gasteiger partial charge on any atom is 0.244 e. The lowest BCUT2D eigenvalue weighted by Gasteiger charge is -2.36. The molecule has 2 heterocycles. The fraction of sp³-hybridized carbons (Fsp3) is 0.300. The third-order valence-electron chi connectivity index (χ3n) is 5.22. The minimum absolute atomic E-state index is 0.0637. The van der Waals surface area contributed by atoms with E-state index in [4.69, 9.17) is 0 Å². The summed E-state index contributed by atoms with van der Waals surface area (Å²) in [5, 5.41) is 2.76. The highest BCUT2D eigenvalue weighted by Crippen LogP contribution is 2.32. The van der Waals surface area contributed by atoms with Crippen molar-refractivity contribution in [1.29, 1.82) is 0 Å². The van der Waals surface area contributed by atoms with Crippen LogP contribution in [0.4, 0.5) is 11.4 Å². The molecule has 9 heteroatoms. The molecule has 0 spiro atoms. The molecule has 0 aliphatic carbocycles. The second-order valence-corrected chi connectivity index (χ2v) is 10.00. The fourth-order valence-electron chi connectivity index (χ4n) is 3.77. The number of carbonyl (C=O) groups excluding carboxylic acids is 2. The van der Waals surface area contributed by atoms with E-state index in [-0.39, 0.29) is 29.8 Å². The highest BCUT2D eigenvalue weighted by Gasteiger charge is 2.37. The normalized spacial score (nSPS) is 20.1. The van der Waals surface area contributed by atoms with Gasteiger partial charge in [-0.15, -0.1) is 0 Å². The first-order chi connectivity index (χ1) is 13.9. The number of nitrogens with one attached hydrogen (secondary N) is 1. The van der Waals surface area contributed by atoms with Gasteiger partial charge in [-0.05, 0) is 49.2 Å². The summed E-state index contributed by atoms with van der Waals surface area (Å²) >= 11 is 3.31. The van der Waals surface area contributed by atoms with E-state index < -0.39 is 15.9 Å². The van der Waals surface area contributed by atoms with E-state index in [1.54, 1.807) is 42.5 Å². The summed E-state index contributed by atoms with van der Waals surface area (Å²) < 4.78 is 28.2. The summed E-state index contributed by atoms with van der Waals surface area (Å²) in [5.74, 6) is -0.969. The number of hydrogen-bond acceptors (Lipinski definition) is 4. The number of hydrogen-bond donors (Lipinski definition) is 1. The van der Waals surface area contributed by atoms with Crippen molar-refractivity contribution in [3.05, 3.63) is 53.0 Å². The van der Waals surface area contributed by atoms with Crippen molar-refractivity contribution < 1.29 is 18.0 Å². The van der Waals surface area contributed by atoms with Gasteiger partial charge >= 0.3 is 0 Å². The molecular formula is C20H20BrN3O4S. The van der Waals surface area contributed by atoms with Crippen LogP contribution in [-0.2, 0) is 19.6 Å². The molecule has 1 unspecified atom stereocenters. The zero-order valence-corrected chi connectivity index (χ0v) is 17.9. The Morgan fingerprint density at radius 3 is 2.59 bits per heavy atom. The Morgan fingerprint density at radius 1 is 1.10 bits per heavy atom. The van der Waals surface area contributed by atoms with E-state index in [0.29, 0.717) is 30.8 Å². The number of rotatable bonds is 3. The van der Waals surface area contributed by atoms with Crippen LogP contribution in [0.15, 0.2) is 57.9 Å². The van der Waals surface area contributed by atoms with Crippen LogP contribution in [0.3, 0.4) is 0 Å². The molecule has 29 heavy (non-hydrogen) atoms. The number of sulfonamides is 1. The summed E-state index contributed by atoms with van der Waals surface area (Å²) in [4.78, 5) is 26.9. The molecule has 0 bridgehead atoms. The average Bonchev–Trinajstić information content (AvgIpc) is 2.73. The van der Waals surface area contributed by atoms with Gasteiger partial charge in [0.25, 0.3) is 0 Å². The van der Waals surface area contributed by atoms with Crippen molar-refractivity contribution in [1.82, 2.24) is 4.31 Å². The lowest BCUT2D eigenvalue weighted by Crippen LogP contribution is -2.50. The Balaban J connectivity index is 1.57. The van der Waals surface area contributed by atoms with Crippen molar-refractivity contribution in [3.8, 4) is 0 Å². The largest absolute Gasteiger partial charge is 0.323 e. The standard InChI is InChI=1S/C20H20BrN3O4S/c21-15-7-9-16(10-8-15)29(27,28)23-11-3-4-14(12-23)20(26)24-13-19(25)22-17-5-1-2-6-18(17)24/h1-2,5-10,14H,3-4,11-13H2,(H,22,25). The predicted molar refractivity (Wildman–Crippen MR) is 113 cm³/mol. The Bertz CT molecular complexity index is 1060. The molecule has 2 aliphatic rings. The summed E-state index contributed by atoms with van der Waals surface area (Å²) in [5.41, 5.74) is 1.23. The average molecular weight is 478 g/mol. The van der Waals surface area contributed by atoms with Crippen LogP contribution in [0.25, 0.3) is 0 Å². The molecule has 1 N–H and O–H groups in total. The monoisotopic (exact) mass is 477 g/mol. The SMILES string of the molecule is O=C1CN(C(=O)C2CCCN(S(=O)(=O)c3ccc(Br)cc3)C2)c2ccccc2N1. The van der Waals surface area contributed by atoms with Crippen LogP contribution < -0.4 is 10.2 Å². The number of piperidine rings is 1. The Kier molecular flexibility index (Phi) is 5.46. The van der Waals surface area contributed by atoms with Crippen LogP contribution in [0.5, 0.6) is 0 Å². The molecule has 1 saturated heterocycles. The van der Waals surface area contributed by atoms with Crippen molar-refractivity contribution in [2.24, 2.45) is 5.92 Å². The second-order valence-electron chi connectivity index (χ2n) is 7.15. The van der Waals surface area contributed by atoms with Gasteiger partial charge in [0.1, 0.15) is 6.54 Å². The van der Waals surface area contributed by atoms with Gasteiger partial charge in [-0.1, -0.05) is 28.1 Å². The number of anilines is 2. The molecule has 1 atom stereocenters. The van der Waals surface area contributed by atoms with Crippen molar-refractivity contribution in [2.45, 2.75) is 17.7 Å². The first-order valence-corrected chi connectivity index (χ1v) is 11.6. The Morgan fingerprint density at radius 2 is 1.83 bits per heavy atom. The van der Waals surface area contributed by atoms with E-state index in [9.17, 15) is 18.0 Å². The quantitative estimate of drug-likeness (QED) is 0.735. The molecule has 0 aromatic heterocycles. The lowest BCUT2D eigenvalue weighted by atomic mass is 9.97. The van der Waals surface area contributed by atoms with Crippen molar-refractivity contribution >= 4 is 49.1 Å². The smallest absolute Gasteiger partial charge is 0.244 e. The molecule has 1 fully saturated rings. The molecule has 2 aliphatic heterocycles. The molecule has 2 aromatic rings. The van der Waals surface area contributed by atoms with Crippen LogP contribution in [-0.4, -0.2) is 44.2 Å². The van der Waals surface area contributed by atoms with Crippen LogP contribution in [0.2, 0.25) is 0 Å². The molecule has 2 amide bonds. The van der Waals surface area contributed by atoms with Gasteiger partial charge in [0.2, 0.25) is 21.8 Å². The molecule has 2 aromatic carbocycles. The van der Waals surface area contributed by atoms with E-state index in [0.717, 1.165) is 4.47 Å². The maximum atomic E-state index is 13.2. The van der Waals surface area contributed by atoms with Gasteiger partial charge in [-0.3, -0.25) is 9.59 Å². The van der Waals surface area contributed by atoms with Gasteiger partial charge in [-0.2, -0.15) is 4.31 Å². The molecular weight excluding hydrogens is 458 g/mol. The van der Waals surface area contributed by atoms with Gasteiger partial charge in [0.05, 0.1) is 22.2 Å². The summed E-state index contributed by atoms with van der Waals surface area (Å²) in [6.07, 6.45) is 1.18. The maximum absolute atomic E-state index is 13.2. The zero-order valence-electron chi connectivity index (χ0n) is 15.5. The zero-order chi connectivity index (χ0) is 20.6. The Labute approximate surface area is 177 Å². The first-order valence-electron chi connectivity index (χ1n) is 9.32. The number of nitrogens with zero attached hydrogens (tertiary/aromatic N) is 2. The molecule has 0 saturated carbocycles. The third kappa shape index (κ3) is 3.94. The van der Waals surface area contributed by atoms with Crippen molar-refractivity contribution in [2.75, 3.05) is 29.9 Å². The second kappa shape index (κ2) is 7.89. The van der Waals surface area contributed by atoms with E-state index in [1.165, 1.54) is 9.21 Å². The molecule has 4 rings (SSSR count). The molecule has 152 valence electrons. The summed E-state index contributed by atoms with van der Waals surface area (Å²) in [6, 6.07) is 13.6. The predicted octanol–water partition coefficient (Wildman–Crippen LogP) is 2.84. The highest BCUT2D eigenvalue weighted by molar-refractivity contribution is 9.10. The summed E-state index contributed by atoms with van der Waals surface area (Å²) in [7, 11) is -3.68. The van der Waals surface area contributed by atoms with Gasteiger partial charge in [-0.25, -0.2) is 8.42 Å². The number of fused-ring (bicyclic) bond motifs is 1. The number of amides is 2. The number of benzene rings is 2. The molecule has 7 nitrogen and oxygen atoms in total. The highest BCUT2D eigenvalue weighted by atomic mass is 79.9.